The first-order valence-corrected chi connectivity index (χ1v) is 10.9. The number of hydrogen-bond acceptors (Lipinski definition) is 3. The third kappa shape index (κ3) is 2.18. The van der Waals surface area contributed by atoms with Gasteiger partial charge >= 0.3 is 0 Å². The fourth-order valence-electron chi connectivity index (χ4n) is 4.66. The van der Waals surface area contributed by atoms with E-state index in [1.165, 1.54) is 9.58 Å². The first-order chi connectivity index (χ1) is 15.3. The lowest BCUT2D eigenvalue weighted by atomic mass is 10.0. The summed E-state index contributed by atoms with van der Waals surface area (Å²) in [6.45, 7) is 0. The summed E-state index contributed by atoms with van der Waals surface area (Å²) >= 11 is 1.77. The normalized spacial score (nSPS) is 12.0. The number of benzene rings is 3. The third-order valence-corrected chi connectivity index (χ3v) is 7.29. The van der Waals surface area contributed by atoms with Crippen molar-refractivity contribution in [3.8, 4) is 16.1 Å². The zero-order chi connectivity index (χ0) is 20.5. The van der Waals surface area contributed by atoms with E-state index in [1.54, 1.807) is 17.5 Å². The van der Waals surface area contributed by atoms with Gasteiger partial charge in [0.15, 0.2) is 0 Å². The topological polar surface area (TPSA) is 39.3 Å². The average molecular weight is 417 g/mol. The second-order valence-electron chi connectivity index (χ2n) is 7.68. The molecule has 0 saturated heterocycles. The average Bonchev–Trinajstić information content (AvgIpc) is 3.54. The number of hydrogen-bond donors (Lipinski definition) is 0. The molecule has 31 heavy (non-hydrogen) atoms. The van der Waals surface area contributed by atoms with Crippen LogP contribution in [0.3, 0.4) is 0 Å². The Kier molecular flexibility index (Phi) is 3.27. The third-order valence-electron chi connectivity index (χ3n) is 6.02. The highest BCUT2D eigenvalue weighted by Crippen LogP contribution is 2.46. The number of rotatable bonds is 2. The van der Waals surface area contributed by atoms with Crippen LogP contribution < -0.4 is 5.56 Å². The van der Waals surface area contributed by atoms with Gasteiger partial charge in [-0.05, 0) is 41.3 Å². The van der Waals surface area contributed by atoms with Gasteiger partial charge in [0.1, 0.15) is 0 Å². The Labute approximate surface area is 180 Å². The Morgan fingerprint density at radius 3 is 2.29 bits per heavy atom. The van der Waals surface area contributed by atoms with Crippen molar-refractivity contribution >= 4 is 48.6 Å². The molecule has 4 nitrogen and oxygen atoms in total. The summed E-state index contributed by atoms with van der Waals surface area (Å²) in [5, 5.41) is 8.37. The van der Waals surface area contributed by atoms with Crippen molar-refractivity contribution in [2.75, 3.05) is 0 Å². The Hall–Kier alpha value is -3.96. The summed E-state index contributed by atoms with van der Waals surface area (Å²) in [4.78, 5) is 14.6. The Morgan fingerprint density at radius 2 is 1.52 bits per heavy atom. The van der Waals surface area contributed by atoms with Crippen molar-refractivity contribution in [1.29, 1.82) is 0 Å². The van der Waals surface area contributed by atoms with E-state index in [0.29, 0.717) is 0 Å². The largest absolute Gasteiger partial charge is 0.274 e. The van der Waals surface area contributed by atoms with Gasteiger partial charge in [-0.15, -0.1) is 11.3 Å². The lowest BCUT2D eigenvalue weighted by Crippen LogP contribution is -2.12. The number of nitrogens with zero attached hydrogens (tertiary/aromatic N) is 3. The highest BCUT2D eigenvalue weighted by Gasteiger charge is 2.22. The molecule has 0 bridgehead atoms. The molecule has 5 heteroatoms. The van der Waals surface area contributed by atoms with E-state index in [0.717, 1.165) is 43.8 Å². The van der Waals surface area contributed by atoms with Crippen LogP contribution >= 0.6 is 11.3 Å². The molecule has 0 aliphatic carbocycles. The van der Waals surface area contributed by atoms with Gasteiger partial charge < -0.3 is 0 Å². The quantitative estimate of drug-likeness (QED) is 0.340. The molecule has 0 aliphatic rings. The van der Waals surface area contributed by atoms with Gasteiger partial charge in [0.05, 0.1) is 21.4 Å². The zero-order valence-electron chi connectivity index (χ0n) is 16.3. The summed E-state index contributed by atoms with van der Waals surface area (Å²) < 4.78 is 4.92. The first kappa shape index (κ1) is 16.8. The maximum absolute atomic E-state index is 13.4. The van der Waals surface area contributed by atoms with E-state index in [4.69, 9.17) is 0 Å². The van der Waals surface area contributed by atoms with Crippen LogP contribution in [0.25, 0.3) is 53.4 Å². The van der Waals surface area contributed by atoms with Gasteiger partial charge in [-0.3, -0.25) is 9.20 Å². The molecule has 4 heterocycles. The Bertz CT molecular complexity index is 1790. The fraction of sp³-hybridized carbons (Fsp3) is 0. The van der Waals surface area contributed by atoms with Crippen molar-refractivity contribution < 1.29 is 0 Å². The molecule has 146 valence electrons. The highest BCUT2D eigenvalue weighted by molar-refractivity contribution is 7.24. The molecule has 0 N–H and O–H groups in total. The number of thiophene rings is 1. The minimum absolute atomic E-state index is 0.0488. The van der Waals surface area contributed by atoms with Crippen LogP contribution in [0, 0.1) is 0 Å². The second kappa shape index (κ2) is 6.03. The van der Waals surface area contributed by atoms with Gasteiger partial charge in [-0.2, -0.15) is 5.10 Å². The molecule has 0 fully saturated rings. The van der Waals surface area contributed by atoms with Gasteiger partial charge in [-0.25, -0.2) is 4.68 Å². The van der Waals surface area contributed by atoms with Crippen LogP contribution in [-0.2, 0) is 0 Å². The van der Waals surface area contributed by atoms with E-state index in [9.17, 15) is 4.79 Å². The molecule has 0 radical (unpaired) electrons. The van der Waals surface area contributed by atoms with Crippen LogP contribution in [-0.4, -0.2) is 14.2 Å². The van der Waals surface area contributed by atoms with Crippen molar-refractivity contribution in [2.45, 2.75) is 0 Å². The number of para-hydroxylation sites is 1. The molecule has 3 aromatic carbocycles. The van der Waals surface area contributed by atoms with Crippen LogP contribution in [0.1, 0.15) is 0 Å². The molecule has 0 spiro atoms. The lowest BCUT2D eigenvalue weighted by molar-refractivity contribution is 0.881. The first-order valence-electron chi connectivity index (χ1n) is 10.1. The van der Waals surface area contributed by atoms with E-state index in [2.05, 4.69) is 41.5 Å². The summed E-state index contributed by atoms with van der Waals surface area (Å²) in [5.41, 5.74) is 4.22. The summed E-state index contributed by atoms with van der Waals surface area (Å²) in [7, 11) is 0. The second-order valence-corrected chi connectivity index (χ2v) is 8.71. The summed E-state index contributed by atoms with van der Waals surface area (Å²) in [6, 6.07) is 26.5. The van der Waals surface area contributed by atoms with Gasteiger partial charge in [0, 0.05) is 33.4 Å². The fourth-order valence-corrected chi connectivity index (χ4v) is 6.00. The SMILES string of the molecule is O=c1c2ccccc2c2c(-c3ccc(-n4cccn4)cc3)sc3c4ccccc4n1c32. The summed E-state index contributed by atoms with van der Waals surface area (Å²) in [5.74, 6) is 0. The van der Waals surface area contributed by atoms with Gasteiger partial charge in [0.2, 0.25) is 0 Å². The van der Waals surface area contributed by atoms with Crippen molar-refractivity contribution in [3.05, 3.63) is 102 Å². The van der Waals surface area contributed by atoms with Crippen molar-refractivity contribution in [2.24, 2.45) is 0 Å². The molecule has 4 aromatic heterocycles. The maximum Gasteiger partial charge on any atom is 0.263 e. The van der Waals surface area contributed by atoms with Crippen molar-refractivity contribution in [3.63, 3.8) is 0 Å². The predicted molar refractivity (Wildman–Crippen MR) is 128 cm³/mol. The molecule has 0 atom stereocenters. The lowest BCUT2D eigenvalue weighted by Gasteiger charge is -2.07. The van der Waals surface area contributed by atoms with E-state index >= 15 is 0 Å². The van der Waals surface area contributed by atoms with Gasteiger partial charge in [-0.1, -0.05) is 48.5 Å². The monoisotopic (exact) mass is 417 g/mol. The van der Waals surface area contributed by atoms with E-state index in [1.807, 2.05) is 57.7 Å². The molecule has 0 aliphatic heterocycles. The molecular formula is C26H15N3OS. The highest BCUT2D eigenvalue weighted by atomic mass is 32.1. The Balaban J connectivity index is 1.62. The number of fused-ring (bicyclic) bond motifs is 5. The Morgan fingerprint density at radius 1 is 0.774 bits per heavy atom. The van der Waals surface area contributed by atoms with E-state index in [-0.39, 0.29) is 5.56 Å². The molecule has 0 saturated carbocycles. The van der Waals surface area contributed by atoms with Gasteiger partial charge in [0.25, 0.3) is 5.56 Å². The molecule has 0 unspecified atom stereocenters. The minimum Gasteiger partial charge on any atom is -0.274 e. The van der Waals surface area contributed by atoms with Crippen molar-refractivity contribution in [1.82, 2.24) is 14.2 Å². The number of aromatic nitrogens is 3. The van der Waals surface area contributed by atoms with Crippen LogP contribution in [0.4, 0.5) is 0 Å². The molecule has 0 amide bonds. The smallest absolute Gasteiger partial charge is 0.263 e. The van der Waals surface area contributed by atoms with E-state index < -0.39 is 0 Å². The van der Waals surface area contributed by atoms with Crippen LogP contribution in [0.15, 0.2) is 96.1 Å². The number of pyridine rings is 1. The maximum atomic E-state index is 13.4. The standard InChI is InChI=1S/C26H15N3OS/c30-26-19-7-2-1-6-18(19)22-23-25(20-8-3-4-9-21(20)29(23)26)31-24(22)16-10-12-17(13-11-16)28-15-5-14-27-28/h1-15H. The zero-order valence-corrected chi connectivity index (χ0v) is 17.1. The van der Waals surface area contributed by atoms with Crippen LogP contribution in [0.2, 0.25) is 0 Å². The molecule has 7 rings (SSSR count). The minimum atomic E-state index is 0.0488. The molecule has 7 aromatic rings. The molecular weight excluding hydrogens is 402 g/mol. The van der Waals surface area contributed by atoms with Crippen LogP contribution in [0.5, 0.6) is 0 Å². The summed E-state index contributed by atoms with van der Waals surface area (Å²) in [6.07, 6.45) is 3.72. The predicted octanol–water partition coefficient (Wildman–Crippen LogP) is 6.11.